The molecule has 12 heteroatoms. The molecule has 0 aliphatic heterocycles. The normalized spacial score (nSPS) is 12.0. The van der Waals surface area contributed by atoms with Gasteiger partial charge in [-0.15, -0.1) is 0 Å². The summed E-state index contributed by atoms with van der Waals surface area (Å²) in [6.07, 6.45) is -0.161. The monoisotopic (exact) mass is 547 g/mol. The van der Waals surface area contributed by atoms with Crippen LogP contribution in [0.15, 0.2) is 56.7 Å². The van der Waals surface area contributed by atoms with E-state index in [-0.39, 0.29) is 34.2 Å². The molecule has 0 unspecified atom stereocenters. The zero-order valence-electron chi connectivity index (χ0n) is 18.0. The lowest BCUT2D eigenvalue weighted by molar-refractivity contribution is -0.116. The van der Waals surface area contributed by atoms with E-state index in [0.29, 0.717) is 13.1 Å². The van der Waals surface area contributed by atoms with Gasteiger partial charge in [0.1, 0.15) is 5.75 Å². The molecule has 0 aromatic heterocycles. The molecule has 9 nitrogen and oxygen atoms in total. The Labute approximate surface area is 197 Å². The Bertz CT molecular complexity index is 1150. The van der Waals surface area contributed by atoms with Gasteiger partial charge in [0.05, 0.1) is 22.6 Å². The first-order valence-electron chi connectivity index (χ1n) is 9.78. The highest BCUT2D eigenvalue weighted by Gasteiger charge is 2.23. The van der Waals surface area contributed by atoms with E-state index in [1.807, 2.05) is 0 Å². The van der Waals surface area contributed by atoms with E-state index in [1.54, 1.807) is 26.0 Å². The summed E-state index contributed by atoms with van der Waals surface area (Å²) in [7, 11) is -6.08. The van der Waals surface area contributed by atoms with Crippen LogP contribution in [0.5, 0.6) is 5.75 Å². The standard InChI is InChI=1S/C20H26BrN3O6S2/c1-4-24(5-2)32(28,29)17-10-11-19(30-3)18(14-17)23-20(25)12-13-22-31(26,27)16-8-6-15(21)7-9-16/h6-11,14,22H,4-5,12-13H2,1-3H3,(H,23,25). The minimum Gasteiger partial charge on any atom is -0.495 e. The SMILES string of the molecule is CCN(CC)S(=O)(=O)c1ccc(OC)c(NC(=O)CCNS(=O)(=O)c2ccc(Br)cc2)c1. The number of amides is 1. The first kappa shape index (κ1) is 26.3. The van der Waals surface area contributed by atoms with Crippen molar-refractivity contribution < 1.29 is 26.4 Å². The van der Waals surface area contributed by atoms with Gasteiger partial charge in [0.2, 0.25) is 26.0 Å². The van der Waals surface area contributed by atoms with Gasteiger partial charge in [-0.1, -0.05) is 29.8 Å². The molecule has 0 bridgehead atoms. The number of ether oxygens (including phenoxy) is 1. The molecule has 0 radical (unpaired) electrons. The van der Waals surface area contributed by atoms with Crippen molar-refractivity contribution in [2.75, 3.05) is 32.1 Å². The van der Waals surface area contributed by atoms with Crippen molar-refractivity contribution in [2.24, 2.45) is 0 Å². The van der Waals surface area contributed by atoms with E-state index < -0.39 is 26.0 Å². The highest BCUT2D eigenvalue weighted by molar-refractivity contribution is 9.10. The van der Waals surface area contributed by atoms with Crippen LogP contribution < -0.4 is 14.8 Å². The van der Waals surface area contributed by atoms with Crippen LogP contribution in [-0.4, -0.2) is 53.8 Å². The van der Waals surface area contributed by atoms with Crippen molar-refractivity contribution in [3.8, 4) is 5.75 Å². The zero-order chi connectivity index (χ0) is 23.9. The van der Waals surface area contributed by atoms with Crippen LogP contribution in [0.2, 0.25) is 0 Å². The molecular formula is C20H26BrN3O6S2. The van der Waals surface area contributed by atoms with Gasteiger partial charge in [0.15, 0.2) is 0 Å². The van der Waals surface area contributed by atoms with E-state index in [1.165, 1.54) is 41.7 Å². The lowest BCUT2D eigenvalue weighted by Gasteiger charge is -2.19. The van der Waals surface area contributed by atoms with Crippen LogP contribution >= 0.6 is 15.9 Å². The molecule has 2 N–H and O–H groups in total. The average Bonchev–Trinajstić information content (AvgIpc) is 2.74. The van der Waals surface area contributed by atoms with Crippen LogP contribution in [0.1, 0.15) is 20.3 Å². The van der Waals surface area contributed by atoms with Gasteiger partial charge >= 0.3 is 0 Å². The Morgan fingerprint density at radius 3 is 2.16 bits per heavy atom. The summed E-state index contributed by atoms with van der Waals surface area (Å²) in [6.45, 7) is 3.96. The van der Waals surface area contributed by atoms with Crippen molar-refractivity contribution in [3.63, 3.8) is 0 Å². The number of sulfonamides is 2. The highest BCUT2D eigenvalue weighted by atomic mass is 79.9. The molecule has 0 spiro atoms. The number of benzene rings is 2. The fourth-order valence-corrected chi connectivity index (χ4v) is 5.65. The number of rotatable bonds is 11. The summed E-state index contributed by atoms with van der Waals surface area (Å²) in [5.41, 5.74) is 0.182. The third-order valence-electron chi connectivity index (χ3n) is 4.56. The summed E-state index contributed by atoms with van der Waals surface area (Å²) in [5, 5.41) is 2.59. The third-order valence-corrected chi connectivity index (χ3v) is 8.61. The summed E-state index contributed by atoms with van der Waals surface area (Å²) in [4.78, 5) is 12.5. The number of hydrogen-bond donors (Lipinski definition) is 2. The molecule has 0 atom stereocenters. The van der Waals surface area contributed by atoms with Crippen LogP contribution in [0.25, 0.3) is 0 Å². The minimum absolute atomic E-state index is 0.0215. The molecular weight excluding hydrogens is 522 g/mol. The lowest BCUT2D eigenvalue weighted by atomic mass is 10.2. The number of nitrogens with one attached hydrogen (secondary N) is 2. The number of halogens is 1. The Kier molecular flexibility index (Phi) is 9.22. The third kappa shape index (κ3) is 6.51. The van der Waals surface area contributed by atoms with Crippen molar-refractivity contribution in [1.29, 1.82) is 0 Å². The van der Waals surface area contributed by atoms with Crippen molar-refractivity contribution >= 4 is 47.6 Å². The van der Waals surface area contributed by atoms with Crippen LogP contribution in [0.4, 0.5) is 5.69 Å². The number of anilines is 1. The molecule has 2 aromatic rings. The van der Waals surface area contributed by atoms with E-state index >= 15 is 0 Å². The Morgan fingerprint density at radius 1 is 1.00 bits per heavy atom. The number of nitrogens with zero attached hydrogens (tertiary/aromatic N) is 1. The fourth-order valence-electron chi connectivity index (χ4n) is 2.87. The second-order valence-electron chi connectivity index (χ2n) is 6.60. The maximum Gasteiger partial charge on any atom is 0.243 e. The summed E-state index contributed by atoms with van der Waals surface area (Å²) < 4.78 is 59.8. The van der Waals surface area contributed by atoms with Crippen molar-refractivity contribution in [1.82, 2.24) is 9.03 Å². The van der Waals surface area contributed by atoms with Gasteiger partial charge in [-0.05, 0) is 42.5 Å². The Balaban J connectivity index is 2.09. The maximum atomic E-state index is 12.8. The Morgan fingerprint density at radius 2 is 1.59 bits per heavy atom. The van der Waals surface area contributed by atoms with Gasteiger partial charge in [-0.25, -0.2) is 21.6 Å². The predicted molar refractivity (Wildman–Crippen MR) is 126 cm³/mol. The average molecular weight is 548 g/mol. The Hall–Kier alpha value is -1.99. The van der Waals surface area contributed by atoms with Gasteiger partial charge in [-0.2, -0.15) is 4.31 Å². The number of carbonyl (C=O) groups excluding carboxylic acids is 1. The summed E-state index contributed by atoms with van der Waals surface area (Å²) in [5.74, 6) is -0.216. The maximum absolute atomic E-state index is 12.8. The first-order chi connectivity index (χ1) is 15.0. The second kappa shape index (κ2) is 11.2. The quantitative estimate of drug-likeness (QED) is 0.446. The molecule has 32 heavy (non-hydrogen) atoms. The molecule has 0 heterocycles. The summed E-state index contributed by atoms with van der Waals surface area (Å²) >= 11 is 3.24. The molecule has 0 saturated carbocycles. The number of hydrogen-bond acceptors (Lipinski definition) is 6. The topological polar surface area (TPSA) is 122 Å². The second-order valence-corrected chi connectivity index (χ2v) is 11.2. The molecule has 0 saturated heterocycles. The van der Waals surface area contributed by atoms with E-state index in [2.05, 4.69) is 26.0 Å². The largest absolute Gasteiger partial charge is 0.495 e. The van der Waals surface area contributed by atoms with Crippen LogP contribution in [0.3, 0.4) is 0 Å². The molecule has 2 rings (SSSR count). The fraction of sp³-hybridized carbons (Fsp3) is 0.350. The van der Waals surface area contributed by atoms with Gasteiger partial charge in [0, 0.05) is 30.5 Å². The van der Waals surface area contributed by atoms with Gasteiger partial charge in [0.25, 0.3) is 0 Å². The summed E-state index contributed by atoms with van der Waals surface area (Å²) in [6, 6.07) is 10.3. The van der Waals surface area contributed by atoms with Crippen LogP contribution in [-0.2, 0) is 24.8 Å². The predicted octanol–water partition coefficient (Wildman–Crippen LogP) is 2.80. The van der Waals surface area contributed by atoms with Crippen molar-refractivity contribution in [3.05, 3.63) is 46.9 Å². The molecule has 0 aliphatic rings. The highest BCUT2D eigenvalue weighted by Crippen LogP contribution is 2.29. The lowest BCUT2D eigenvalue weighted by Crippen LogP contribution is -2.30. The molecule has 0 fully saturated rings. The zero-order valence-corrected chi connectivity index (χ0v) is 21.2. The molecule has 2 aromatic carbocycles. The minimum atomic E-state index is -3.76. The molecule has 1 amide bonds. The van der Waals surface area contributed by atoms with Crippen LogP contribution in [0, 0.1) is 0 Å². The number of methoxy groups -OCH3 is 1. The number of carbonyl (C=O) groups is 1. The van der Waals surface area contributed by atoms with Crippen molar-refractivity contribution in [2.45, 2.75) is 30.1 Å². The molecule has 176 valence electrons. The molecule has 0 aliphatic carbocycles. The van der Waals surface area contributed by atoms with Gasteiger partial charge in [-0.3, -0.25) is 4.79 Å². The first-order valence-corrected chi connectivity index (χ1v) is 13.5. The van der Waals surface area contributed by atoms with Gasteiger partial charge < -0.3 is 10.1 Å². The smallest absolute Gasteiger partial charge is 0.243 e. The van der Waals surface area contributed by atoms with E-state index in [9.17, 15) is 21.6 Å². The van der Waals surface area contributed by atoms with E-state index in [0.717, 1.165) is 4.47 Å². The van der Waals surface area contributed by atoms with E-state index in [4.69, 9.17) is 4.74 Å².